The van der Waals surface area contributed by atoms with Crippen molar-refractivity contribution < 1.29 is 19.0 Å². The molecule has 1 aliphatic heterocycles. The molecular formula is C20H24N2O4. The third-order valence-electron chi connectivity index (χ3n) is 4.14. The van der Waals surface area contributed by atoms with E-state index < -0.39 is 0 Å². The van der Waals surface area contributed by atoms with Gasteiger partial charge in [-0.05, 0) is 38.1 Å². The Labute approximate surface area is 153 Å². The molecule has 1 saturated heterocycles. The van der Waals surface area contributed by atoms with Crippen LogP contribution in [0.2, 0.25) is 0 Å². The lowest BCUT2D eigenvalue weighted by atomic mass is 10.1. The van der Waals surface area contributed by atoms with Gasteiger partial charge >= 0.3 is 0 Å². The minimum absolute atomic E-state index is 0.0140. The molecule has 0 bridgehead atoms. The van der Waals surface area contributed by atoms with Crippen LogP contribution in [-0.2, 0) is 11.3 Å². The summed E-state index contributed by atoms with van der Waals surface area (Å²) in [4.78, 5) is 18.7. The molecule has 2 heterocycles. The van der Waals surface area contributed by atoms with E-state index in [9.17, 15) is 4.79 Å². The number of morpholine rings is 1. The first-order chi connectivity index (χ1) is 12.7. The molecule has 0 N–H and O–H groups in total. The Morgan fingerprint density at radius 2 is 2.19 bits per heavy atom. The lowest BCUT2D eigenvalue weighted by Gasteiger charge is -2.31. The van der Waals surface area contributed by atoms with Crippen LogP contribution in [0.1, 0.15) is 29.8 Å². The number of carbonyl (C=O) groups excluding carboxylic acids is 1. The first-order valence-corrected chi connectivity index (χ1v) is 8.86. The number of pyridine rings is 1. The summed E-state index contributed by atoms with van der Waals surface area (Å²) in [6, 6.07) is 9.14. The normalized spacial score (nSPS) is 17.0. The molecule has 6 heteroatoms. The van der Waals surface area contributed by atoms with Gasteiger partial charge in [0.25, 0.3) is 5.91 Å². The Morgan fingerprint density at radius 3 is 2.92 bits per heavy atom. The van der Waals surface area contributed by atoms with Gasteiger partial charge in [-0.2, -0.15) is 0 Å². The zero-order chi connectivity index (χ0) is 18.4. The van der Waals surface area contributed by atoms with E-state index in [1.165, 1.54) is 0 Å². The van der Waals surface area contributed by atoms with Gasteiger partial charge in [-0.15, -0.1) is 0 Å². The van der Waals surface area contributed by atoms with E-state index in [1.807, 2.05) is 30.9 Å². The van der Waals surface area contributed by atoms with Crippen LogP contribution in [-0.4, -0.2) is 48.2 Å². The number of amides is 1. The summed E-state index contributed by atoms with van der Waals surface area (Å²) >= 11 is 0. The van der Waals surface area contributed by atoms with Gasteiger partial charge in [0, 0.05) is 36.6 Å². The molecule has 0 saturated carbocycles. The molecule has 138 valence electrons. The van der Waals surface area contributed by atoms with Gasteiger partial charge < -0.3 is 19.1 Å². The maximum absolute atomic E-state index is 12.8. The molecule has 3 rings (SSSR count). The SMILES string of the molecule is CCOc1cc(C(=O)N2CCOC(C)C2)ccc1OCc1cccnc1. The number of hydrogen-bond donors (Lipinski definition) is 0. The van der Waals surface area contributed by atoms with Crippen LogP contribution in [0.3, 0.4) is 0 Å². The molecule has 1 aromatic carbocycles. The highest BCUT2D eigenvalue weighted by atomic mass is 16.5. The zero-order valence-electron chi connectivity index (χ0n) is 15.2. The molecule has 1 aliphatic rings. The van der Waals surface area contributed by atoms with Crippen molar-refractivity contribution in [1.29, 1.82) is 0 Å². The molecule has 1 atom stereocenters. The maximum Gasteiger partial charge on any atom is 0.254 e. The summed E-state index contributed by atoms with van der Waals surface area (Å²) in [7, 11) is 0. The number of carbonyl (C=O) groups is 1. The van der Waals surface area contributed by atoms with E-state index in [0.717, 1.165) is 5.56 Å². The molecule has 1 amide bonds. The van der Waals surface area contributed by atoms with E-state index in [1.54, 1.807) is 30.6 Å². The molecule has 1 fully saturated rings. The fourth-order valence-corrected chi connectivity index (χ4v) is 2.86. The largest absolute Gasteiger partial charge is 0.490 e. The summed E-state index contributed by atoms with van der Waals surface area (Å²) in [5.74, 6) is 1.17. The van der Waals surface area contributed by atoms with Crippen LogP contribution in [0.5, 0.6) is 11.5 Å². The van der Waals surface area contributed by atoms with Gasteiger partial charge in [0.2, 0.25) is 0 Å². The van der Waals surface area contributed by atoms with Crippen molar-refractivity contribution in [2.24, 2.45) is 0 Å². The molecule has 0 aliphatic carbocycles. The second kappa shape index (κ2) is 8.67. The van der Waals surface area contributed by atoms with Crippen molar-refractivity contribution in [2.75, 3.05) is 26.3 Å². The average molecular weight is 356 g/mol. The molecule has 0 radical (unpaired) electrons. The minimum Gasteiger partial charge on any atom is -0.490 e. The van der Waals surface area contributed by atoms with Gasteiger partial charge in [-0.3, -0.25) is 9.78 Å². The summed E-state index contributed by atoms with van der Waals surface area (Å²) in [6.45, 7) is 6.53. The van der Waals surface area contributed by atoms with E-state index >= 15 is 0 Å². The second-order valence-electron chi connectivity index (χ2n) is 6.18. The number of aromatic nitrogens is 1. The Morgan fingerprint density at radius 1 is 1.31 bits per heavy atom. The number of ether oxygens (including phenoxy) is 3. The topological polar surface area (TPSA) is 60.9 Å². The van der Waals surface area contributed by atoms with Crippen molar-refractivity contribution in [2.45, 2.75) is 26.6 Å². The Bertz CT molecular complexity index is 736. The van der Waals surface area contributed by atoms with Crippen molar-refractivity contribution in [3.05, 3.63) is 53.9 Å². The van der Waals surface area contributed by atoms with Gasteiger partial charge in [0.15, 0.2) is 11.5 Å². The zero-order valence-corrected chi connectivity index (χ0v) is 15.2. The molecule has 0 spiro atoms. The summed E-state index contributed by atoms with van der Waals surface area (Å²) in [5.41, 5.74) is 1.56. The minimum atomic E-state index is -0.0140. The van der Waals surface area contributed by atoms with E-state index in [0.29, 0.717) is 50.0 Å². The third kappa shape index (κ3) is 4.52. The Balaban J connectivity index is 1.74. The number of rotatable bonds is 6. The fourth-order valence-electron chi connectivity index (χ4n) is 2.86. The lowest BCUT2D eigenvalue weighted by Crippen LogP contribution is -2.44. The van der Waals surface area contributed by atoms with Crippen molar-refractivity contribution in [3.8, 4) is 11.5 Å². The number of nitrogens with zero attached hydrogens (tertiary/aromatic N) is 2. The Kier molecular flexibility index (Phi) is 6.07. The number of hydrogen-bond acceptors (Lipinski definition) is 5. The standard InChI is InChI=1S/C20H24N2O4/c1-3-24-19-11-17(20(23)22-9-10-25-15(2)13-22)6-7-18(19)26-14-16-5-4-8-21-12-16/h4-8,11-12,15H,3,9-10,13-14H2,1-2H3. The fraction of sp³-hybridized carbons (Fsp3) is 0.400. The van der Waals surface area contributed by atoms with Crippen molar-refractivity contribution >= 4 is 5.91 Å². The van der Waals surface area contributed by atoms with Crippen molar-refractivity contribution in [1.82, 2.24) is 9.88 Å². The first kappa shape index (κ1) is 18.2. The molecule has 26 heavy (non-hydrogen) atoms. The van der Waals surface area contributed by atoms with Crippen LogP contribution in [0.4, 0.5) is 0 Å². The maximum atomic E-state index is 12.8. The third-order valence-corrected chi connectivity index (χ3v) is 4.14. The smallest absolute Gasteiger partial charge is 0.254 e. The van der Waals surface area contributed by atoms with E-state index in [4.69, 9.17) is 14.2 Å². The second-order valence-corrected chi connectivity index (χ2v) is 6.18. The van der Waals surface area contributed by atoms with Crippen LogP contribution in [0, 0.1) is 0 Å². The molecule has 1 unspecified atom stereocenters. The van der Waals surface area contributed by atoms with Crippen LogP contribution < -0.4 is 9.47 Å². The van der Waals surface area contributed by atoms with Gasteiger partial charge in [-0.1, -0.05) is 6.07 Å². The lowest BCUT2D eigenvalue weighted by molar-refractivity contribution is -0.0124. The van der Waals surface area contributed by atoms with E-state index in [-0.39, 0.29) is 12.0 Å². The monoisotopic (exact) mass is 356 g/mol. The quantitative estimate of drug-likeness (QED) is 0.796. The molecule has 2 aromatic rings. The van der Waals surface area contributed by atoms with Crippen LogP contribution in [0.15, 0.2) is 42.7 Å². The molecule has 6 nitrogen and oxygen atoms in total. The first-order valence-electron chi connectivity index (χ1n) is 8.86. The highest BCUT2D eigenvalue weighted by Gasteiger charge is 2.23. The average Bonchev–Trinajstić information content (AvgIpc) is 2.67. The molecule has 1 aromatic heterocycles. The molecular weight excluding hydrogens is 332 g/mol. The van der Waals surface area contributed by atoms with Crippen LogP contribution in [0.25, 0.3) is 0 Å². The predicted octanol–water partition coefficient (Wildman–Crippen LogP) is 2.92. The summed E-state index contributed by atoms with van der Waals surface area (Å²) < 4.78 is 17.1. The highest BCUT2D eigenvalue weighted by molar-refractivity contribution is 5.95. The number of benzene rings is 1. The van der Waals surface area contributed by atoms with Crippen molar-refractivity contribution in [3.63, 3.8) is 0 Å². The van der Waals surface area contributed by atoms with Crippen LogP contribution >= 0.6 is 0 Å². The summed E-state index contributed by atoms with van der Waals surface area (Å²) in [5, 5.41) is 0. The van der Waals surface area contributed by atoms with Gasteiger partial charge in [0.1, 0.15) is 6.61 Å². The van der Waals surface area contributed by atoms with Gasteiger partial charge in [-0.25, -0.2) is 0 Å². The predicted molar refractivity (Wildman–Crippen MR) is 97.5 cm³/mol. The van der Waals surface area contributed by atoms with Gasteiger partial charge in [0.05, 0.1) is 19.3 Å². The van der Waals surface area contributed by atoms with E-state index in [2.05, 4.69) is 4.98 Å². The Hall–Kier alpha value is -2.60. The summed E-state index contributed by atoms with van der Waals surface area (Å²) in [6.07, 6.45) is 3.54. The highest BCUT2D eigenvalue weighted by Crippen LogP contribution is 2.30.